The molecule has 5 rings (SSSR count). The minimum Gasteiger partial charge on any atom is -1.00 e. The van der Waals surface area contributed by atoms with Crippen LogP contribution in [-0.2, 0) is 0 Å². The molecule has 2 nitrogen and oxygen atoms in total. The van der Waals surface area contributed by atoms with Crippen LogP contribution in [-0.4, -0.2) is 11.2 Å². The van der Waals surface area contributed by atoms with E-state index in [0.29, 0.717) is 5.89 Å². The van der Waals surface area contributed by atoms with Crippen molar-refractivity contribution in [3.8, 4) is 11.5 Å². The zero-order valence-corrected chi connectivity index (χ0v) is 22.0. The van der Waals surface area contributed by atoms with Gasteiger partial charge >= 0.3 is 0 Å². The van der Waals surface area contributed by atoms with Crippen molar-refractivity contribution in [2.75, 3.05) is 6.26 Å². The van der Waals surface area contributed by atoms with E-state index in [1.165, 1.54) is 15.9 Å². The van der Waals surface area contributed by atoms with Gasteiger partial charge in [-0.15, -0.1) is 0 Å². The lowest BCUT2D eigenvalue weighted by Gasteiger charge is -2.25. The number of oxazole rings is 1. The molecule has 0 atom stereocenters. The Bertz CT molecular complexity index is 1200. The van der Waals surface area contributed by atoms with Crippen molar-refractivity contribution in [2.24, 2.45) is 0 Å². The number of thioether (sulfide) groups is 1. The van der Waals surface area contributed by atoms with Gasteiger partial charge in [-0.3, -0.25) is 0 Å². The number of benzene rings is 4. The van der Waals surface area contributed by atoms with Gasteiger partial charge in [-0.2, -0.15) is 4.98 Å². The van der Waals surface area contributed by atoms with Crippen LogP contribution in [0, 0.1) is 0 Å². The third-order valence-corrected chi connectivity index (χ3v) is 10.5. The summed E-state index contributed by atoms with van der Waals surface area (Å²) in [6, 6.07) is 42.5. The summed E-state index contributed by atoms with van der Waals surface area (Å²) >= 11 is 1.62. The fourth-order valence-corrected chi connectivity index (χ4v) is 9.24. The van der Waals surface area contributed by atoms with Crippen molar-refractivity contribution in [3.05, 3.63) is 121 Å². The molecule has 1 aromatic heterocycles. The molecule has 0 aliphatic heterocycles. The first kappa shape index (κ1) is 23.7. The lowest BCUT2D eigenvalue weighted by Crippen LogP contribution is -3.00. The van der Waals surface area contributed by atoms with Gasteiger partial charge in [0.2, 0.25) is 11.0 Å². The van der Waals surface area contributed by atoms with Crippen LogP contribution in [0.3, 0.4) is 0 Å². The van der Waals surface area contributed by atoms with E-state index in [1.54, 1.807) is 11.8 Å². The molecule has 0 saturated heterocycles. The Morgan fingerprint density at radius 2 is 1.00 bits per heavy atom. The average Bonchev–Trinajstić information content (AvgIpc) is 3.32. The number of rotatable bonds is 6. The Morgan fingerprint density at radius 1 is 0.606 bits per heavy atom. The summed E-state index contributed by atoms with van der Waals surface area (Å²) in [7, 11) is -2.29. The van der Waals surface area contributed by atoms with Crippen molar-refractivity contribution < 1.29 is 28.4 Å². The molecule has 0 radical (unpaired) electrons. The first-order valence-corrected chi connectivity index (χ1v) is 13.5. The Hall–Kier alpha value is -2.40. The molecule has 0 bridgehead atoms. The summed E-state index contributed by atoms with van der Waals surface area (Å²) in [5.74, 6) is 0.664. The van der Waals surface area contributed by atoms with Crippen LogP contribution >= 0.6 is 19.0 Å². The third kappa shape index (κ3) is 4.40. The van der Waals surface area contributed by atoms with E-state index in [0.717, 1.165) is 16.1 Å². The topological polar surface area (TPSA) is 26.0 Å². The molecule has 0 unspecified atom stereocenters. The predicted octanol–water partition coefficient (Wildman–Crippen LogP) is 2.69. The summed E-state index contributed by atoms with van der Waals surface area (Å²) in [5.41, 5.74) is 2.01. The Morgan fingerprint density at radius 3 is 1.39 bits per heavy atom. The molecule has 0 saturated carbocycles. The van der Waals surface area contributed by atoms with Crippen LogP contribution in [0.25, 0.3) is 11.5 Å². The molecule has 5 heteroatoms. The van der Waals surface area contributed by atoms with Crippen molar-refractivity contribution in [2.45, 2.75) is 5.09 Å². The summed E-state index contributed by atoms with van der Waals surface area (Å²) in [4.78, 5) is 5.21. The zero-order chi connectivity index (χ0) is 21.8. The molecule has 0 fully saturated rings. The van der Waals surface area contributed by atoms with Gasteiger partial charge in [0.05, 0.1) is 0 Å². The monoisotopic (exact) mass is 579 g/mol. The molecule has 164 valence electrons. The van der Waals surface area contributed by atoms with E-state index >= 15 is 0 Å². The van der Waals surface area contributed by atoms with Gasteiger partial charge in [-0.25, -0.2) is 0 Å². The maximum absolute atomic E-state index is 6.40. The normalized spacial score (nSPS) is 11.1. The molecular formula is C28H23INOPS. The van der Waals surface area contributed by atoms with Crippen LogP contribution in [0.2, 0.25) is 0 Å². The number of hydrogen-bond acceptors (Lipinski definition) is 3. The smallest absolute Gasteiger partial charge is 0.251 e. The molecule has 5 aromatic rings. The summed E-state index contributed by atoms with van der Waals surface area (Å²) in [6.07, 6.45) is 2.06. The lowest BCUT2D eigenvalue weighted by atomic mass is 10.2. The second-order valence-corrected chi connectivity index (χ2v) is 11.5. The van der Waals surface area contributed by atoms with Crippen molar-refractivity contribution in [1.82, 2.24) is 4.98 Å². The fraction of sp³-hybridized carbons (Fsp3) is 0.0357. The van der Waals surface area contributed by atoms with Crippen LogP contribution < -0.4 is 45.3 Å². The van der Waals surface area contributed by atoms with E-state index in [9.17, 15) is 0 Å². The van der Waals surface area contributed by atoms with Gasteiger partial charge < -0.3 is 28.4 Å². The molecule has 0 spiro atoms. The van der Waals surface area contributed by atoms with Crippen molar-refractivity contribution in [1.29, 1.82) is 0 Å². The van der Waals surface area contributed by atoms with Crippen LogP contribution in [0.5, 0.6) is 0 Å². The molecular weight excluding hydrogens is 556 g/mol. The van der Waals surface area contributed by atoms with Crippen molar-refractivity contribution >= 4 is 40.4 Å². The van der Waals surface area contributed by atoms with Gasteiger partial charge in [-0.05, 0) is 54.8 Å². The van der Waals surface area contributed by atoms with Gasteiger partial charge in [-0.1, -0.05) is 84.6 Å². The predicted molar refractivity (Wildman–Crippen MR) is 139 cm³/mol. The highest BCUT2D eigenvalue weighted by Gasteiger charge is 2.52. The molecule has 0 aliphatic rings. The minimum atomic E-state index is -2.29. The van der Waals surface area contributed by atoms with Crippen LogP contribution in [0.1, 0.15) is 0 Å². The van der Waals surface area contributed by atoms with Crippen LogP contribution in [0.15, 0.2) is 131 Å². The fourth-order valence-electron chi connectivity index (χ4n) is 4.12. The number of hydrogen-bond donors (Lipinski definition) is 0. The number of nitrogens with zero attached hydrogens (tertiary/aromatic N) is 1. The Balaban J connectivity index is 0.00000259. The standard InChI is InChI=1S/C28H23NOPS.HI/c1-32-28-27(29-26(30-28)22-14-6-2-7-15-22)31(23-16-8-3-9-17-23,24-18-10-4-11-19-24)25-20-12-5-13-21-25;/h2-21H,1H3;1H/q+1;/p-1. The quantitative estimate of drug-likeness (QED) is 0.176. The SMILES string of the molecule is CSc1oc(-c2ccccc2)nc1[P+](c1ccccc1)(c1ccccc1)c1ccccc1.[I-]. The number of halogens is 1. The van der Waals surface area contributed by atoms with Crippen LogP contribution in [0.4, 0.5) is 0 Å². The van der Waals surface area contributed by atoms with E-state index in [2.05, 4.69) is 97.3 Å². The van der Waals surface area contributed by atoms with Gasteiger partial charge in [0, 0.05) is 5.56 Å². The first-order chi connectivity index (χ1) is 15.8. The summed E-state index contributed by atoms with van der Waals surface area (Å²) < 4.78 is 6.40. The second kappa shape index (κ2) is 10.7. The van der Waals surface area contributed by atoms with E-state index in [1.807, 2.05) is 30.3 Å². The minimum absolute atomic E-state index is 0. The molecule has 0 N–H and O–H groups in total. The maximum atomic E-state index is 6.40. The highest BCUT2D eigenvalue weighted by Crippen LogP contribution is 2.55. The second-order valence-electron chi connectivity index (χ2n) is 7.38. The lowest BCUT2D eigenvalue weighted by molar-refractivity contribution is -0.00000664. The van der Waals surface area contributed by atoms with E-state index in [4.69, 9.17) is 9.40 Å². The van der Waals surface area contributed by atoms with Gasteiger partial charge in [0.15, 0.2) is 7.26 Å². The molecule has 1 heterocycles. The highest BCUT2D eigenvalue weighted by molar-refractivity contribution is 8.04. The first-order valence-electron chi connectivity index (χ1n) is 10.5. The summed E-state index contributed by atoms with van der Waals surface area (Å²) in [6.45, 7) is 0. The maximum Gasteiger partial charge on any atom is 0.251 e. The Kier molecular flexibility index (Phi) is 7.69. The average molecular weight is 579 g/mol. The zero-order valence-electron chi connectivity index (χ0n) is 18.1. The van der Waals surface area contributed by atoms with Crippen molar-refractivity contribution in [3.63, 3.8) is 0 Å². The molecule has 4 aromatic carbocycles. The van der Waals surface area contributed by atoms with Gasteiger partial charge in [0.1, 0.15) is 15.9 Å². The highest BCUT2D eigenvalue weighted by atomic mass is 127. The largest absolute Gasteiger partial charge is 1.00 e. The van der Waals surface area contributed by atoms with Gasteiger partial charge in [0.25, 0.3) is 5.44 Å². The molecule has 33 heavy (non-hydrogen) atoms. The molecule has 0 amide bonds. The number of aromatic nitrogens is 1. The summed E-state index contributed by atoms with van der Waals surface area (Å²) in [5, 5.41) is 4.66. The third-order valence-electron chi connectivity index (χ3n) is 5.53. The van der Waals surface area contributed by atoms with E-state index in [-0.39, 0.29) is 24.0 Å². The molecule has 0 aliphatic carbocycles. The van der Waals surface area contributed by atoms with E-state index < -0.39 is 7.26 Å². The Labute approximate surface area is 216 Å².